The molecule has 16 heteroatoms. The summed E-state index contributed by atoms with van der Waals surface area (Å²) in [5.74, 6) is 0.530. The number of ether oxygens (including phenoxy) is 3. The summed E-state index contributed by atoms with van der Waals surface area (Å²) in [7, 11) is -2.07. The zero-order valence-corrected chi connectivity index (χ0v) is 28.9. The first-order valence-corrected chi connectivity index (χ1v) is 17.0. The fourth-order valence-electron chi connectivity index (χ4n) is 4.68. The zero-order chi connectivity index (χ0) is 36.6. The summed E-state index contributed by atoms with van der Waals surface area (Å²) in [5.41, 5.74) is 6.69. The van der Waals surface area contributed by atoms with E-state index in [2.05, 4.69) is 15.3 Å². The van der Waals surface area contributed by atoms with Gasteiger partial charge in [0.1, 0.15) is 40.8 Å². The molecule has 0 saturated carbocycles. The predicted octanol–water partition coefficient (Wildman–Crippen LogP) is 4.12. The Morgan fingerprint density at radius 3 is 2.30 bits per heavy atom. The third-order valence-electron chi connectivity index (χ3n) is 7.22. The summed E-state index contributed by atoms with van der Waals surface area (Å²) in [6.07, 6.45) is 2.48. The van der Waals surface area contributed by atoms with Crippen LogP contribution in [-0.4, -0.2) is 69.2 Å². The van der Waals surface area contributed by atoms with Gasteiger partial charge in [-0.1, -0.05) is 18.2 Å². The number of hydrogen-bond donors (Lipinski definition) is 3. The van der Waals surface area contributed by atoms with Crippen LogP contribution >= 0.6 is 0 Å². The molecule has 0 aliphatic heterocycles. The maximum absolute atomic E-state index is 13.7. The number of pyridine rings is 2. The Bertz CT molecular complexity index is 2130. The van der Waals surface area contributed by atoms with Crippen molar-refractivity contribution in [1.29, 1.82) is 0 Å². The highest BCUT2D eigenvalue weighted by atomic mass is 32.2. The number of methoxy groups -OCH3 is 1. The van der Waals surface area contributed by atoms with Gasteiger partial charge in [-0.3, -0.25) is 28.6 Å². The standard InChI is InChI=1S/C32H32N6O6.C2H6O3S/c1-19(43-32(41)20(2)33)18-37-21(3)29(31(40)38(37)22-8-6-5-7-9-22)30(39)36-28-13-11-24(17-35-28)44-27-14-15-34-26-16-23(42-4)10-12-25(26)27;1-2-6(3,4)5/h5-17,19-20H,18,33H2,1-4H3,(H,35,36,39);2H2,1H3,(H,3,4,5). The first-order valence-electron chi connectivity index (χ1n) is 15.4. The quantitative estimate of drug-likeness (QED) is 0.131. The smallest absolute Gasteiger partial charge is 0.322 e. The van der Waals surface area contributed by atoms with Gasteiger partial charge >= 0.3 is 5.97 Å². The van der Waals surface area contributed by atoms with Crippen LogP contribution in [0.2, 0.25) is 0 Å². The second-order valence-corrected chi connectivity index (χ2v) is 12.8. The highest BCUT2D eigenvalue weighted by Crippen LogP contribution is 2.31. The van der Waals surface area contributed by atoms with Crippen LogP contribution < -0.4 is 26.1 Å². The van der Waals surface area contributed by atoms with Crippen molar-refractivity contribution in [2.45, 2.75) is 46.4 Å². The molecule has 2 unspecified atom stereocenters. The summed E-state index contributed by atoms with van der Waals surface area (Å²) in [5, 5.41) is 3.50. The maximum atomic E-state index is 13.7. The number of nitrogens with one attached hydrogen (secondary N) is 1. The van der Waals surface area contributed by atoms with Crippen LogP contribution in [0.3, 0.4) is 0 Å². The van der Waals surface area contributed by atoms with Gasteiger partial charge < -0.3 is 25.3 Å². The van der Waals surface area contributed by atoms with E-state index in [-0.39, 0.29) is 23.7 Å². The number of esters is 1. The Balaban J connectivity index is 0.000000860. The molecule has 0 spiro atoms. The number of carbonyl (C=O) groups excluding carboxylic acids is 2. The lowest BCUT2D eigenvalue weighted by atomic mass is 10.2. The third-order valence-corrected chi connectivity index (χ3v) is 7.95. The van der Waals surface area contributed by atoms with Crippen LogP contribution in [0.25, 0.3) is 16.6 Å². The van der Waals surface area contributed by atoms with Gasteiger partial charge in [-0.15, -0.1) is 0 Å². The average Bonchev–Trinajstić information content (AvgIpc) is 3.33. The van der Waals surface area contributed by atoms with E-state index in [9.17, 15) is 22.8 Å². The van der Waals surface area contributed by atoms with Gasteiger partial charge in [0.25, 0.3) is 21.6 Å². The average molecular weight is 707 g/mol. The number of carbonyl (C=O) groups is 2. The van der Waals surface area contributed by atoms with Crippen LogP contribution in [-0.2, 0) is 26.2 Å². The molecule has 50 heavy (non-hydrogen) atoms. The summed E-state index contributed by atoms with van der Waals surface area (Å²) >= 11 is 0. The highest BCUT2D eigenvalue weighted by molar-refractivity contribution is 7.85. The van der Waals surface area contributed by atoms with Crippen LogP contribution in [0.4, 0.5) is 5.82 Å². The molecule has 2 aromatic carbocycles. The van der Waals surface area contributed by atoms with E-state index < -0.39 is 39.7 Å². The monoisotopic (exact) mass is 706 g/mol. The Kier molecular flexibility index (Phi) is 12.1. The molecule has 0 fully saturated rings. The van der Waals surface area contributed by atoms with Crippen LogP contribution in [0.15, 0.2) is 83.9 Å². The molecular formula is C34H38N6O9S. The molecular weight excluding hydrogens is 668 g/mol. The van der Waals surface area contributed by atoms with Gasteiger partial charge in [0.15, 0.2) is 0 Å². The molecule has 15 nitrogen and oxygen atoms in total. The van der Waals surface area contributed by atoms with Crippen molar-refractivity contribution in [1.82, 2.24) is 19.3 Å². The number of para-hydroxylation sites is 1. The first kappa shape index (κ1) is 37.2. The molecule has 0 aliphatic rings. The molecule has 5 aromatic rings. The molecule has 0 bridgehead atoms. The van der Waals surface area contributed by atoms with E-state index >= 15 is 0 Å². The minimum atomic E-state index is -3.66. The zero-order valence-electron chi connectivity index (χ0n) is 28.1. The van der Waals surface area contributed by atoms with Crippen molar-refractivity contribution in [3.8, 4) is 22.9 Å². The summed E-state index contributed by atoms with van der Waals surface area (Å²) in [6, 6.07) is 18.6. The Hall–Kier alpha value is -5.58. The number of nitrogens with two attached hydrogens (primary N) is 1. The molecule has 1 amide bonds. The van der Waals surface area contributed by atoms with E-state index in [0.717, 1.165) is 5.39 Å². The number of anilines is 1. The van der Waals surface area contributed by atoms with E-state index in [4.69, 9.17) is 24.5 Å². The second-order valence-electron chi connectivity index (χ2n) is 11.0. The Labute approximate surface area is 288 Å². The SMILES string of the molecule is CCS(=O)(=O)O.COc1ccc2c(Oc3ccc(NC(=O)c4c(C)n(CC(C)OC(=O)C(C)N)n(-c5ccccc5)c4=O)nc3)ccnc2c1. The Morgan fingerprint density at radius 2 is 1.70 bits per heavy atom. The molecule has 264 valence electrons. The van der Waals surface area contributed by atoms with Crippen molar-refractivity contribution < 1.29 is 36.8 Å². The highest BCUT2D eigenvalue weighted by Gasteiger charge is 2.26. The molecule has 0 saturated heterocycles. The van der Waals surface area contributed by atoms with Gasteiger partial charge in [-0.05, 0) is 70.2 Å². The number of hydrogen-bond acceptors (Lipinski definition) is 11. The fraction of sp³-hybridized carbons (Fsp3) is 0.265. The largest absolute Gasteiger partial charge is 0.497 e. The lowest BCUT2D eigenvalue weighted by Gasteiger charge is -2.19. The van der Waals surface area contributed by atoms with Crippen LogP contribution in [0, 0.1) is 6.92 Å². The molecule has 4 N–H and O–H groups in total. The van der Waals surface area contributed by atoms with E-state index in [1.807, 2.05) is 24.3 Å². The predicted molar refractivity (Wildman–Crippen MR) is 187 cm³/mol. The number of rotatable bonds is 11. The van der Waals surface area contributed by atoms with Gasteiger partial charge in [-0.2, -0.15) is 8.42 Å². The van der Waals surface area contributed by atoms with Crippen LogP contribution in [0.1, 0.15) is 36.8 Å². The second kappa shape index (κ2) is 16.2. The number of fused-ring (bicyclic) bond motifs is 1. The molecule has 3 aromatic heterocycles. The third kappa shape index (κ3) is 9.31. The number of aromatic nitrogens is 4. The molecule has 5 rings (SSSR count). The van der Waals surface area contributed by atoms with Crippen molar-refractivity contribution in [2.75, 3.05) is 18.2 Å². The summed E-state index contributed by atoms with van der Waals surface area (Å²) in [4.78, 5) is 47.9. The summed E-state index contributed by atoms with van der Waals surface area (Å²) < 4.78 is 46.6. The molecule has 2 atom stereocenters. The molecule has 0 radical (unpaired) electrons. The fourth-order valence-corrected chi connectivity index (χ4v) is 4.68. The minimum Gasteiger partial charge on any atom is -0.497 e. The lowest BCUT2D eigenvalue weighted by molar-refractivity contribution is -0.150. The van der Waals surface area contributed by atoms with Gasteiger partial charge in [0, 0.05) is 17.6 Å². The van der Waals surface area contributed by atoms with Crippen molar-refractivity contribution >= 4 is 38.7 Å². The first-order chi connectivity index (χ1) is 23.7. The molecule has 0 aliphatic carbocycles. The van der Waals surface area contributed by atoms with E-state index in [0.29, 0.717) is 34.1 Å². The van der Waals surface area contributed by atoms with Gasteiger partial charge in [0.2, 0.25) is 0 Å². The number of benzene rings is 2. The van der Waals surface area contributed by atoms with Crippen molar-refractivity contribution in [2.24, 2.45) is 5.73 Å². The minimum absolute atomic E-state index is 0.0691. The number of nitrogens with zero attached hydrogens (tertiary/aromatic N) is 4. The number of amides is 1. The van der Waals surface area contributed by atoms with Crippen LogP contribution in [0.5, 0.6) is 17.2 Å². The van der Waals surface area contributed by atoms with E-state index in [1.54, 1.807) is 74.3 Å². The lowest BCUT2D eigenvalue weighted by Crippen LogP contribution is -2.34. The van der Waals surface area contributed by atoms with Gasteiger partial charge in [0.05, 0.1) is 42.5 Å². The molecule has 3 heterocycles. The van der Waals surface area contributed by atoms with Crippen molar-refractivity contribution in [3.05, 3.63) is 101 Å². The van der Waals surface area contributed by atoms with E-state index in [1.165, 1.54) is 24.7 Å². The van der Waals surface area contributed by atoms with Gasteiger partial charge in [-0.25, -0.2) is 9.67 Å². The summed E-state index contributed by atoms with van der Waals surface area (Å²) in [6.45, 7) is 6.37. The maximum Gasteiger partial charge on any atom is 0.322 e. The normalized spacial score (nSPS) is 12.3. The van der Waals surface area contributed by atoms with Crippen molar-refractivity contribution in [3.63, 3.8) is 0 Å². The Morgan fingerprint density at radius 1 is 1.02 bits per heavy atom. The topological polar surface area (TPSA) is 207 Å².